The molecule has 0 saturated carbocycles. The molecule has 0 saturated heterocycles. The summed E-state index contributed by atoms with van der Waals surface area (Å²) in [5.74, 6) is 0.386. The van der Waals surface area contributed by atoms with E-state index in [-0.39, 0.29) is 11.7 Å². The molecule has 0 atom stereocenters. The lowest BCUT2D eigenvalue weighted by atomic mass is 9.97. The normalized spacial score (nSPS) is 11.9. The molecule has 0 N–H and O–H groups in total. The van der Waals surface area contributed by atoms with Crippen molar-refractivity contribution in [1.29, 1.82) is 0 Å². The van der Waals surface area contributed by atoms with Gasteiger partial charge in [0.25, 0.3) is 0 Å². The topological polar surface area (TPSA) is 34.1 Å². The van der Waals surface area contributed by atoms with E-state index in [4.69, 9.17) is 0 Å². The first-order chi connectivity index (χ1) is 6.43. The third kappa shape index (κ3) is 2.61. The van der Waals surface area contributed by atoms with Gasteiger partial charge >= 0.3 is 0 Å². The first-order valence-electron chi connectivity index (χ1n) is 4.72. The van der Waals surface area contributed by atoms with Crippen LogP contribution in [0.4, 0.5) is 0 Å². The van der Waals surface area contributed by atoms with Gasteiger partial charge < -0.3 is 0 Å². The monoisotopic (exact) mass is 210 g/mol. The van der Waals surface area contributed by atoms with Gasteiger partial charge in [-0.25, -0.2) is 8.42 Å². The first-order valence-corrected chi connectivity index (χ1v) is 6.37. The molecule has 0 fully saturated rings. The first kappa shape index (κ1) is 11.3. The van der Waals surface area contributed by atoms with Crippen LogP contribution in [0.1, 0.15) is 13.8 Å². The van der Waals surface area contributed by atoms with Gasteiger partial charge in [0.2, 0.25) is 0 Å². The molecule has 76 valence electrons. The Morgan fingerprint density at radius 1 is 1.29 bits per heavy atom. The van der Waals surface area contributed by atoms with Gasteiger partial charge in [-0.05, 0) is 12.0 Å². The van der Waals surface area contributed by atoms with Crippen LogP contribution in [0.2, 0.25) is 0 Å². The Balaban J connectivity index is 3.11. The second-order valence-corrected chi connectivity index (χ2v) is 5.94. The third-order valence-electron chi connectivity index (χ3n) is 1.98. The zero-order valence-electron chi connectivity index (χ0n) is 8.82. The number of hydrogen-bond donors (Lipinski definition) is 0. The van der Waals surface area contributed by atoms with Crippen molar-refractivity contribution >= 4 is 23.1 Å². The molecule has 0 heterocycles. The summed E-state index contributed by atoms with van der Waals surface area (Å²) in [5.41, 5.74) is 0.827. The highest BCUT2D eigenvalue weighted by Gasteiger charge is 2.17. The van der Waals surface area contributed by atoms with Gasteiger partial charge in [0, 0.05) is 0 Å². The van der Waals surface area contributed by atoms with E-state index < -0.39 is 9.84 Å². The molecule has 0 aliphatic carbocycles. The summed E-state index contributed by atoms with van der Waals surface area (Å²) in [6.45, 7) is 3.83. The number of rotatable bonds is 3. The average Bonchev–Trinajstić information content (AvgIpc) is 2.02. The quantitative estimate of drug-likeness (QED) is 0.675. The number of hydrogen-bond acceptors (Lipinski definition) is 2. The molecule has 0 bridgehead atoms. The largest absolute Gasteiger partial charge is 0.224 e. The van der Waals surface area contributed by atoms with E-state index in [1.807, 2.05) is 33.8 Å². The molecule has 1 aromatic carbocycles. The molecular formula is C10H15BO2S. The predicted molar refractivity (Wildman–Crippen MR) is 61.5 cm³/mol. The maximum Gasteiger partial charge on any atom is 0.178 e. The van der Waals surface area contributed by atoms with Crippen LogP contribution in [-0.2, 0) is 9.84 Å². The van der Waals surface area contributed by atoms with Crippen LogP contribution < -0.4 is 5.46 Å². The second-order valence-electron chi connectivity index (χ2n) is 3.94. The van der Waals surface area contributed by atoms with Gasteiger partial charge in [-0.3, -0.25) is 0 Å². The van der Waals surface area contributed by atoms with Crippen molar-refractivity contribution in [3.8, 4) is 0 Å². The highest BCUT2D eigenvalue weighted by molar-refractivity contribution is 7.91. The molecule has 0 amide bonds. The fourth-order valence-electron chi connectivity index (χ4n) is 1.43. The van der Waals surface area contributed by atoms with Crippen molar-refractivity contribution in [2.24, 2.45) is 5.92 Å². The summed E-state index contributed by atoms with van der Waals surface area (Å²) in [6, 6.07) is 7.12. The van der Waals surface area contributed by atoms with Crippen molar-refractivity contribution < 1.29 is 8.42 Å². The van der Waals surface area contributed by atoms with Gasteiger partial charge in [0.15, 0.2) is 9.84 Å². The summed E-state index contributed by atoms with van der Waals surface area (Å²) < 4.78 is 23.7. The molecular weight excluding hydrogens is 195 g/mol. The van der Waals surface area contributed by atoms with E-state index in [1.54, 1.807) is 12.1 Å². The van der Waals surface area contributed by atoms with Gasteiger partial charge in [-0.15, -0.1) is 0 Å². The lowest BCUT2D eigenvalue weighted by Gasteiger charge is -2.09. The van der Waals surface area contributed by atoms with Gasteiger partial charge in [-0.1, -0.05) is 37.5 Å². The summed E-state index contributed by atoms with van der Waals surface area (Å²) in [7, 11) is -1.26. The molecule has 0 spiro atoms. The Kier molecular flexibility index (Phi) is 3.37. The minimum Gasteiger partial charge on any atom is -0.224 e. The highest BCUT2D eigenvalue weighted by Crippen LogP contribution is 2.11. The minimum atomic E-state index is -3.09. The minimum absolute atomic E-state index is 0.166. The van der Waals surface area contributed by atoms with Crippen molar-refractivity contribution in [1.82, 2.24) is 0 Å². The Bertz CT molecular complexity index is 410. The number of sulfone groups is 1. The average molecular weight is 210 g/mol. The van der Waals surface area contributed by atoms with Gasteiger partial charge in [0.05, 0.1) is 10.6 Å². The van der Waals surface area contributed by atoms with E-state index in [0.717, 1.165) is 5.46 Å². The predicted octanol–water partition coefficient (Wildman–Crippen LogP) is 0.375. The lowest BCUT2D eigenvalue weighted by Crippen LogP contribution is -2.20. The van der Waals surface area contributed by atoms with E-state index >= 15 is 0 Å². The van der Waals surface area contributed by atoms with Crippen molar-refractivity contribution in [2.45, 2.75) is 18.7 Å². The fourth-order valence-corrected chi connectivity index (χ4v) is 3.34. The molecule has 0 aliphatic heterocycles. The van der Waals surface area contributed by atoms with E-state index in [0.29, 0.717) is 4.90 Å². The second kappa shape index (κ2) is 4.17. The summed E-state index contributed by atoms with van der Waals surface area (Å²) in [4.78, 5) is 0.466. The van der Waals surface area contributed by atoms with Crippen LogP contribution in [0.3, 0.4) is 0 Å². The third-order valence-corrected chi connectivity index (χ3v) is 4.22. The summed E-state index contributed by atoms with van der Waals surface area (Å²) in [6.07, 6.45) is 0. The Morgan fingerprint density at radius 2 is 1.86 bits per heavy atom. The summed E-state index contributed by atoms with van der Waals surface area (Å²) >= 11 is 0. The molecule has 0 radical (unpaired) electrons. The highest BCUT2D eigenvalue weighted by atomic mass is 32.2. The van der Waals surface area contributed by atoms with Crippen LogP contribution in [0, 0.1) is 5.92 Å². The Hall–Kier alpha value is -0.765. The molecule has 1 rings (SSSR count). The molecule has 4 heteroatoms. The van der Waals surface area contributed by atoms with Crippen LogP contribution in [0.5, 0.6) is 0 Å². The molecule has 2 nitrogen and oxygen atoms in total. The molecule has 1 aromatic rings. The Morgan fingerprint density at radius 3 is 2.36 bits per heavy atom. The molecule has 0 unspecified atom stereocenters. The van der Waals surface area contributed by atoms with Crippen molar-refractivity contribution in [2.75, 3.05) is 5.75 Å². The smallest absolute Gasteiger partial charge is 0.178 e. The molecule has 0 aliphatic rings. The van der Waals surface area contributed by atoms with Crippen LogP contribution in [0.15, 0.2) is 29.2 Å². The maximum atomic E-state index is 11.9. The van der Waals surface area contributed by atoms with Crippen LogP contribution >= 0.6 is 0 Å². The van der Waals surface area contributed by atoms with E-state index in [9.17, 15) is 8.42 Å². The van der Waals surface area contributed by atoms with Gasteiger partial charge in [-0.2, -0.15) is 0 Å². The summed E-state index contributed by atoms with van der Waals surface area (Å²) in [5, 5.41) is 0. The SMILES string of the molecule is Bc1ccccc1S(=O)(=O)CC(C)C. The zero-order chi connectivity index (χ0) is 10.8. The van der Waals surface area contributed by atoms with E-state index in [2.05, 4.69) is 0 Å². The van der Waals surface area contributed by atoms with Crippen molar-refractivity contribution in [3.63, 3.8) is 0 Å². The zero-order valence-corrected chi connectivity index (χ0v) is 9.64. The van der Waals surface area contributed by atoms with Crippen LogP contribution in [0.25, 0.3) is 0 Å². The maximum absolute atomic E-state index is 11.9. The standard InChI is InChI=1S/C10H15BO2S/c1-8(2)7-14(12,13)10-6-4-3-5-9(10)11/h3-6,8H,7,11H2,1-2H3. The Labute approximate surface area is 86.7 Å². The van der Waals surface area contributed by atoms with Gasteiger partial charge in [0.1, 0.15) is 7.85 Å². The fraction of sp³-hybridized carbons (Fsp3) is 0.400. The number of benzene rings is 1. The van der Waals surface area contributed by atoms with E-state index in [1.165, 1.54) is 0 Å². The van der Waals surface area contributed by atoms with Crippen molar-refractivity contribution in [3.05, 3.63) is 24.3 Å². The lowest BCUT2D eigenvalue weighted by molar-refractivity contribution is 0.583. The molecule has 0 aromatic heterocycles. The molecule has 14 heavy (non-hydrogen) atoms. The van der Waals surface area contributed by atoms with Crippen LogP contribution in [-0.4, -0.2) is 22.0 Å².